The van der Waals surface area contributed by atoms with Crippen LogP contribution in [0.5, 0.6) is 11.5 Å². The van der Waals surface area contributed by atoms with Crippen LogP contribution in [0.4, 0.5) is 10.7 Å². The van der Waals surface area contributed by atoms with Gasteiger partial charge in [-0.05, 0) is 85.9 Å². The van der Waals surface area contributed by atoms with Crippen molar-refractivity contribution in [2.45, 2.75) is 53.9 Å². The third-order valence-electron chi connectivity index (χ3n) is 6.63. The molecule has 0 bridgehead atoms. The summed E-state index contributed by atoms with van der Waals surface area (Å²) in [6.45, 7) is 12.0. The molecular formula is C30H36N2O3S. The number of amides is 1. The van der Waals surface area contributed by atoms with Crippen LogP contribution in [0, 0.1) is 11.3 Å². The van der Waals surface area contributed by atoms with E-state index in [0.29, 0.717) is 30.4 Å². The van der Waals surface area contributed by atoms with E-state index in [2.05, 4.69) is 26.1 Å². The molecule has 1 N–H and O–H groups in total. The zero-order chi connectivity index (χ0) is 25.7. The molecule has 36 heavy (non-hydrogen) atoms. The monoisotopic (exact) mass is 504 g/mol. The highest BCUT2D eigenvalue weighted by Gasteiger charge is 2.33. The van der Waals surface area contributed by atoms with Crippen LogP contribution < -0.4 is 14.8 Å². The van der Waals surface area contributed by atoms with Crippen molar-refractivity contribution in [2.75, 3.05) is 18.5 Å². The van der Waals surface area contributed by atoms with Crippen LogP contribution >= 0.6 is 11.3 Å². The van der Waals surface area contributed by atoms with Gasteiger partial charge in [-0.2, -0.15) is 0 Å². The summed E-state index contributed by atoms with van der Waals surface area (Å²) in [5, 5.41) is 3.84. The van der Waals surface area contributed by atoms with Crippen LogP contribution in [-0.4, -0.2) is 25.3 Å². The summed E-state index contributed by atoms with van der Waals surface area (Å²) in [5.41, 5.74) is 3.78. The molecule has 1 aliphatic carbocycles. The number of fused-ring (bicyclic) bond motifs is 1. The van der Waals surface area contributed by atoms with Crippen LogP contribution in [0.25, 0.3) is 0 Å². The molecule has 0 radical (unpaired) electrons. The average molecular weight is 505 g/mol. The fourth-order valence-corrected chi connectivity index (χ4v) is 5.90. The van der Waals surface area contributed by atoms with Gasteiger partial charge in [-0.15, -0.1) is 11.3 Å². The van der Waals surface area contributed by atoms with E-state index in [4.69, 9.17) is 14.5 Å². The summed E-state index contributed by atoms with van der Waals surface area (Å²) in [6.07, 6.45) is 4.79. The van der Waals surface area contributed by atoms with Crippen molar-refractivity contribution in [3.8, 4) is 11.5 Å². The van der Waals surface area contributed by atoms with E-state index in [9.17, 15) is 4.79 Å². The summed E-state index contributed by atoms with van der Waals surface area (Å²) in [7, 11) is 0. The minimum atomic E-state index is -0.0956. The first-order valence-electron chi connectivity index (χ1n) is 12.7. The van der Waals surface area contributed by atoms with E-state index >= 15 is 0 Å². The number of nitrogens with one attached hydrogen (secondary N) is 1. The van der Waals surface area contributed by atoms with Gasteiger partial charge in [0.15, 0.2) is 11.5 Å². The van der Waals surface area contributed by atoms with Crippen molar-refractivity contribution in [1.29, 1.82) is 0 Å². The molecule has 2 aromatic carbocycles. The minimum absolute atomic E-state index is 0.0956. The molecule has 0 fully saturated rings. The molecule has 0 saturated carbocycles. The fraction of sp³-hybridized carbons (Fsp3) is 0.400. The Balaban J connectivity index is 1.69. The number of carbonyl (C=O) groups is 1. The van der Waals surface area contributed by atoms with E-state index < -0.39 is 0 Å². The Kier molecular flexibility index (Phi) is 8.14. The fourth-order valence-electron chi connectivity index (χ4n) is 4.63. The van der Waals surface area contributed by atoms with Crippen molar-refractivity contribution >= 4 is 34.1 Å². The third kappa shape index (κ3) is 5.98. The second kappa shape index (κ2) is 11.3. The van der Waals surface area contributed by atoms with Gasteiger partial charge in [-0.1, -0.05) is 39.0 Å². The molecule has 1 heterocycles. The molecule has 1 amide bonds. The second-order valence-electron chi connectivity index (χ2n) is 10.1. The molecule has 190 valence electrons. The Hall–Kier alpha value is -3.12. The van der Waals surface area contributed by atoms with Crippen LogP contribution in [0.3, 0.4) is 0 Å². The molecule has 1 aliphatic rings. The van der Waals surface area contributed by atoms with Gasteiger partial charge in [-0.3, -0.25) is 4.79 Å². The van der Waals surface area contributed by atoms with Crippen LogP contribution in [0.1, 0.15) is 67.4 Å². The first-order chi connectivity index (χ1) is 17.3. The standard InChI is InChI=1S/C30H36N2O3S/c1-6-34-24-16-13-20(17-25(24)35-7-2)19-31-29-27(28(33)32-22-11-9-8-10-12-22)23-15-14-21(30(3,4)5)18-26(23)36-29/h8-13,16-17,19,21H,6-7,14-15,18H2,1-5H3,(H,32,33)/t21-/m0/s1. The molecule has 0 spiro atoms. The van der Waals surface area contributed by atoms with Crippen molar-refractivity contribution in [3.05, 3.63) is 70.1 Å². The number of aliphatic imine (C=N–C) groups is 1. The van der Waals surface area contributed by atoms with E-state index in [1.165, 1.54) is 4.88 Å². The van der Waals surface area contributed by atoms with Crippen molar-refractivity contribution < 1.29 is 14.3 Å². The quantitative estimate of drug-likeness (QED) is 0.320. The summed E-state index contributed by atoms with van der Waals surface area (Å²) in [6, 6.07) is 15.4. The summed E-state index contributed by atoms with van der Waals surface area (Å²) < 4.78 is 11.5. The van der Waals surface area contributed by atoms with E-state index in [0.717, 1.165) is 46.8 Å². The molecule has 5 nitrogen and oxygen atoms in total. The molecule has 0 unspecified atom stereocenters. The summed E-state index contributed by atoms with van der Waals surface area (Å²) in [4.78, 5) is 19.6. The van der Waals surface area contributed by atoms with Gasteiger partial charge in [0.1, 0.15) is 5.00 Å². The van der Waals surface area contributed by atoms with Gasteiger partial charge in [0.05, 0.1) is 18.8 Å². The Morgan fingerprint density at radius 2 is 1.81 bits per heavy atom. The predicted molar refractivity (Wildman–Crippen MR) is 150 cm³/mol. The highest BCUT2D eigenvalue weighted by Crippen LogP contribution is 2.45. The molecule has 4 rings (SSSR count). The Morgan fingerprint density at radius 3 is 2.50 bits per heavy atom. The lowest BCUT2D eigenvalue weighted by atomic mass is 9.72. The lowest BCUT2D eigenvalue weighted by Crippen LogP contribution is -2.27. The number of thiophene rings is 1. The zero-order valence-corrected chi connectivity index (χ0v) is 22.7. The van der Waals surface area contributed by atoms with Crippen molar-refractivity contribution in [3.63, 3.8) is 0 Å². The van der Waals surface area contributed by atoms with Gasteiger partial charge in [0.2, 0.25) is 0 Å². The summed E-state index contributed by atoms with van der Waals surface area (Å²) >= 11 is 1.65. The molecular weight excluding hydrogens is 468 g/mol. The molecule has 0 aliphatic heterocycles. The predicted octanol–water partition coefficient (Wildman–Crippen LogP) is 7.70. The van der Waals surface area contributed by atoms with Crippen molar-refractivity contribution in [2.24, 2.45) is 16.3 Å². The number of anilines is 1. The molecule has 0 saturated heterocycles. The minimum Gasteiger partial charge on any atom is -0.490 e. The van der Waals surface area contributed by atoms with E-state index in [1.54, 1.807) is 11.3 Å². The molecule has 6 heteroatoms. The number of carbonyl (C=O) groups excluding carboxylic acids is 1. The van der Waals surface area contributed by atoms with Gasteiger partial charge in [0.25, 0.3) is 5.91 Å². The highest BCUT2D eigenvalue weighted by atomic mass is 32.1. The maximum Gasteiger partial charge on any atom is 0.259 e. The Labute approximate surface area is 218 Å². The maximum atomic E-state index is 13.5. The zero-order valence-electron chi connectivity index (χ0n) is 21.9. The number of rotatable bonds is 8. The molecule has 1 aromatic heterocycles. The number of hydrogen-bond donors (Lipinski definition) is 1. The largest absolute Gasteiger partial charge is 0.490 e. The summed E-state index contributed by atoms with van der Waals surface area (Å²) in [5.74, 6) is 1.91. The van der Waals surface area contributed by atoms with E-state index in [-0.39, 0.29) is 11.3 Å². The molecule has 1 atom stereocenters. The smallest absolute Gasteiger partial charge is 0.259 e. The number of para-hydroxylation sites is 1. The lowest BCUT2D eigenvalue weighted by molar-refractivity contribution is 0.102. The van der Waals surface area contributed by atoms with Crippen LogP contribution in [-0.2, 0) is 12.8 Å². The number of benzene rings is 2. The van der Waals surface area contributed by atoms with Gasteiger partial charge >= 0.3 is 0 Å². The lowest BCUT2D eigenvalue weighted by Gasteiger charge is -2.33. The third-order valence-corrected chi connectivity index (χ3v) is 7.79. The second-order valence-corrected chi connectivity index (χ2v) is 11.2. The first kappa shape index (κ1) is 26.0. The van der Waals surface area contributed by atoms with Gasteiger partial charge < -0.3 is 14.8 Å². The SMILES string of the molecule is CCOc1ccc(C=Nc2sc3c(c2C(=O)Nc2ccccc2)CC[C@H](C(C)(C)C)C3)cc1OCC. The van der Waals surface area contributed by atoms with Crippen LogP contribution in [0.15, 0.2) is 53.5 Å². The number of ether oxygens (including phenoxy) is 2. The Morgan fingerprint density at radius 1 is 1.08 bits per heavy atom. The number of nitrogens with zero attached hydrogens (tertiary/aromatic N) is 1. The van der Waals surface area contributed by atoms with Gasteiger partial charge in [0, 0.05) is 16.8 Å². The first-order valence-corrected chi connectivity index (χ1v) is 13.6. The topological polar surface area (TPSA) is 59.9 Å². The van der Waals surface area contributed by atoms with Gasteiger partial charge in [-0.25, -0.2) is 4.99 Å². The number of hydrogen-bond acceptors (Lipinski definition) is 5. The highest BCUT2D eigenvalue weighted by molar-refractivity contribution is 7.16. The molecule has 3 aromatic rings. The normalized spacial score (nSPS) is 15.5. The van der Waals surface area contributed by atoms with Crippen LogP contribution in [0.2, 0.25) is 0 Å². The van der Waals surface area contributed by atoms with Crippen molar-refractivity contribution in [1.82, 2.24) is 0 Å². The average Bonchev–Trinajstić information content (AvgIpc) is 3.22. The Bertz CT molecular complexity index is 1220. The van der Waals surface area contributed by atoms with E-state index in [1.807, 2.05) is 68.6 Å². The maximum absolute atomic E-state index is 13.5.